The number of carbonyl (C=O) groups excluding carboxylic acids is 1. The van der Waals surface area contributed by atoms with Gasteiger partial charge in [-0.15, -0.1) is 11.3 Å². The van der Waals surface area contributed by atoms with Gasteiger partial charge in [-0.1, -0.05) is 11.6 Å². The molecule has 0 aliphatic heterocycles. The highest BCUT2D eigenvalue weighted by Gasteiger charge is 2.23. The Bertz CT molecular complexity index is 773. The minimum Gasteiger partial charge on any atom is -0.467 e. The van der Waals surface area contributed by atoms with Crippen molar-refractivity contribution >= 4 is 38.9 Å². The molecule has 0 spiro atoms. The Balaban J connectivity index is 2.24. The van der Waals surface area contributed by atoms with Crippen LogP contribution in [0.1, 0.15) is 15.4 Å². The van der Waals surface area contributed by atoms with E-state index in [1.165, 1.54) is 7.11 Å². The van der Waals surface area contributed by atoms with Gasteiger partial charge in [0, 0.05) is 4.88 Å². The third-order valence-electron chi connectivity index (χ3n) is 2.31. The van der Waals surface area contributed by atoms with Crippen LogP contribution in [0, 0.1) is 6.92 Å². The number of ether oxygens (including phenoxy) is 1. The molecule has 0 saturated heterocycles. The Morgan fingerprint density at radius 2 is 2.00 bits per heavy atom. The Morgan fingerprint density at radius 3 is 2.48 bits per heavy atom. The van der Waals surface area contributed by atoms with Gasteiger partial charge in [0.05, 0.1) is 19.5 Å². The molecule has 0 radical (unpaired) electrons. The van der Waals surface area contributed by atoms with E-state index < -0.39 is 15.9 Å². The lowest BCUT2D eigenvalue weighted by atomic mass is 10.4. The number of amides is 1. The van der Waals surface area contributed by atoms with Crippen molar-refractivity contribution in [3.8, 4) is 6.01 Å². The van der Waals surface area contributed by atoms with Gasteiger partial charge in [0.15, 0.2) is 4.47 Å². The van der Waals surface area contributed by atoms with Crippen LogP contribution in [0.2, 0.25) is 4.47 Å². The second-order valence-corrected chi connectivity index (χ2v) is 7.18. The van der Waals surface area contributed by atoms with Crippen LogP contribution in [0.25, 0.3) is 0 Å². The Kier molecular flexibility index (Phi) is 4.40. The lowest BCUT2D eigenvalue weighted by Gasteiger charge is -2.05. The molecule has 1 N–H and O–H groups in total. The molecule has 0 fully saturated rings. The maximum atomic E-state index is 12.0. The van der Waals surface area contributed by atoms with Gasteiger partial charge >= 0.3 is 6.01 Å². The number of aryl methyl sites for hydroxylation is 1. The average molecular weight is 349 g/mol. The number of hydrogen-bond donors (Lipinski definition) is 1. The summed E-state index contributed by atoms with van der Waals surface area (Å²) >= 11 is 6.76. The maximum absolute atomic E-state index is 12.0. The van der Waals surface area contributed by atoms with Gasteiger partial charge in [0.25, 0.3) is 15.9 Å². The minimum atomic E-state index is -4.10. The minimum absolute atomic E-state index is 0.0161. The summed E-state index contributed by atoms with van der Waals surface area (Å²) in [5, 5.41) is 0. The molecule has 8 nitrogen and oxygen atoms in total. The highest BCUT2D eigenvalue weighted by molar-refractivity contribution is 7.90. The van der Waals surface area contributed by atoms with Crippen molar-refractivity contribution < 1.29 is 17.9 Å². The van der Waals surface area contributed by atoms with Crippen LogP contribution in [0.5, 0.6) is 6.01 Å². The summed E-state index contributed by atoms with van der Waals surface area (Å²) in [6, 6.07) is 0.0161. The number of nitrogens with one attached hydrogen (secondary N) is 1. The van der Waals surface area contributed by atoms with E-state index in [2.05, 4.69) is 15.0 Å². The topological polar surface area (TPSA) is 111 Å². The lowest BCUT2D eigenvalue weighted by Crippen LogP contribution is -2.31. The molecule has 0 aliphatic carbocycles. The normalized spacial score (nSPS) is 11.2. The van der Waals surface area contributed by atoms with E-state index in [-0.39, 0.29) is 21.1 Å². The fourth-order valence-electron chi connectivity index (χ4n) is 1.35. The standard InChI is InChI=1S/C10H9ClN4O4S2/c1-5-7(14-9(11)20-5)8(16)15-21(17,18)6-3-12-10(19-2)13-4-6/h3-4H,1-2H3,(H,15,16). The molecule has 112 valence electrons. The van der Waals surface area contributed by atoms with Gasteiger partial charge in [0.2, 0.25) is 0 Å². The first kappa shape index (κ1) is 15.6. The number of nitrogens with zero attached hydrogens (tertiary/aromatic N) is 3. The molecule has 0 bridgehead atoms. The molecule has 2 rings (SSSR count). The molecule has 2 aromatic heterocycles. The second-order valence-electron chi connectivity index (χ2n) is 3.71. The fraction of sp³-hybridized carbons (Fsp3) is 0.200. The largest absolute Gasteiger partial charge is 0.467 e. The van der Waals surface area contributed by atoms with Crippen molar-refractivity contribution in [1.29, 1.82) is 0 Å². The van der Waals surface area contributed by atoms with Gasteiger partial charge in [-0.3, -0.25) is 4.79 Å². The van der Waals surface area contributed by atoms with Gasteiger partial charge in [-0.2, -0.15) is 0 Å². The van der Waals surface area contributed by atoms with Crippen molar-refractivity contribution in [2.45, 2.75) is 11.8 Å². The number of halogens is 1. The van der Waals surface area contributed by atoms with Gasteiger partial charge in [0.1, 0.15) is 10.6 Å². The number of rotatable bonds is 4. The van der Waals surface area contributed by atoms with E-state index in [1.54, 1.807) is 6.92 Å². The zero-order valence-corrected chi connectivity index (χ0v) is 13.2. The smallest absolute Gasteiger partial charge is 0.316 e. The summed E-state index contributed by atoms with van der Waals surface area (Å²) in [5.74, 6) is -0.869. The molecule has 0 aromatic carbocycles. The van der Waals surface area contributed by atoms with Crippen molar-refractivity contribution in [1.82, 2.24) is 19.7 Å². The second kappa shape index (κ2) is 5.92. The van der Waals surface area contributed by atoms with E-state index in [9.17, 15) is 13.2 Å². The molecule has 11 heteroatoms. The maximum Gasteiger partial charge on any atom is 0.316 e. The first-order chi connectivity index (χ1) is 9.83. The molecule has 0 aliphatic rings. The third kappa shape index (κ3) is 3.46. The summed E-state index contributed by atoms with van der Waals surface area (Å²) in [4.78, 5) is 23.3. The van der Waals surface area contributed by atoms with E-state index in [0.29, 0.717) is 4.88 Å². The highest BCUT2D eigenvalue weighted by Crippen LogP contribution is 2.22. The number of aromatic nitrogens is 3. The number of carbonyl (C=O) groups is 1. The van der Waals surface area contributed by atoms with E-state index in [4.69, 9.17) is 16.3 Å². The fourth-order valence-corrected chi connectivity index (χ4v) is 3.25. The van der Waals surface area contributed by atoms with Crippen molar-refractivity contribution in [3.05, 3.63) is 27.4 Å². The summed E-state index contributed by atoms with van der Waals surface area (Å²) in [6.07, 6.45) is 2.06. The van der Waals surface area contributed by atoms with Crippen molar-refractivity contribution in [2.24, 2.45) is 0 Å². The molecule has 2 aromatic rings. The van der Waals surface area contributed by atoms with Crippen LogP contribution in [0.3, 0.4) is 0 Å². The molecule has 0 unspecified atom stereocenters. The Labute approximate surface area is 129 Å². The first-order valence-electron chi connectivity index (χ1n) is 5.39. The zero-order valence-electron chi connectivity index (χ0n) is 10.8. The Morgan fingerprint density at radius 1 is 1.38 bits per heavy atom. The number of thiazole rings is 1. The quantitative estimate of drug-likeness (QED) is 0.877. The SMILES string of the molecule is COc1ncc(S(=O)(=O)NC(=O)c2nc(Cl)sc2C)cn1. The molecule has 0 saturated carbocycles. The van der Waals surface area contributed by atoms with E-state index in [1.807, 2.05) is 4.72 Å². The lowest BCUT2D eigenvalue weighted by molar-refractivity contribution is 0.0976. The first-order valence-corrected chi connectivity index (χ1v) is 8.07. The summed E-state index contributed by atoms with van der Waals surface area (Å²) in [5.41, 5.74) is -0.0389. The van der Waals surface area contributed by atoms with Crippen LogP contribution in [0.15, 0.2) is 17.3 Å². The highest BCUT2D eigenvalue weighted by atomic mass is 35.5. The van der Waals surface area contributed by atoms with Crippen LogP contribution < -0.4 is 9.46 Å². The van der Waals surface area contributed by atoms with Crippen LogP contribution in [0.4, 0.5) is 0 Å². The monoisotopic (exact) mass is 348 g/mol. The van der Waals surface area contributed by atoms with Gasteiger partial charge < -0.3 is 4.74 Å². The molecule has 1 amide bonds. The van der Waals surface area contributed by atoms with Crippen LogP contribution in [-0.2, 0) is 10.0 Å². The molecular weight excluding hydrogens is 340 g/mol. The van der Waals surface area contributed by atoms with E-state index in [0.717, 1.165) is 23.7 Å². The van der Waals surface area contributed by atoms with Crippen LogP contribution in [-0.4, -0.2) is 36.4 Å². The molecule has 21 heavy (non-hydrogen) atoms. The summed E-state index contributed by atoms with van der Waals surface area (Å²) in [7, 11) is -2.75. The predicted molar refractivity (Wildman–Crippen MR) is 75.1 cm³/mol. The average Bonchev–Trinajstić information content (AvgIpc) is 2.77. The van der Waals surface area contributed by atoms with E-state index >= 15 is 0 Å². The van der Waals surface area contributed by atoms with Crippen molar-refractivity contribution in [2.75, 3.05) is 7.11 Å². The van der Waals surface area contributed by atoms with Gasteiger partial charge in [-0.05, 0) is 6.92 Å². The number of sulfonamides is 1. The third-order valence-corrected chi connectivity index (χ3v) is 4.67. The summed E-state index contributed by atoms with van der Waals surface area (Å²) in [6.45, 7) is 1.61. The van der Waals surface area contributed by atoms with Gasteiger partial charge in [-0.25, -0.2) is 28.1 Å². The molecular formula is C10H9ClN4O4S2. The zero-order chi connectivity index (χ0) is 15.6. The number of hydrogen-bond acceptors (Lipinski definition) is 8. The predicted octanol–water partition coefficient (Wildman–Crippen LogP) is 1.02. The van der Waals surface area contributed by atoms with Crippen molar-refractivity contribution in [3.63, 3.8) is 0 Å². The molecule has 0 atom stereocenters. The molecule has 2 heterocycles. The van der Waals surface area contributed by atoms with Crippen LogP contribution >= 0.6 is 22.9 Å². The summed E-state index contributed by atoms with van der Waals surface area (Å²) < 4.78 is 30.8. The Hall–Kier alpha value is -1.78. The number of methoxy groups -OCH3 is 1.